The molecule has 2 heterocycles. The summed E-state index contributed by atoms with van der Waals surface area (Å²) >= 11 is 1.63. The van der Waals surface area contributed by atoms with Gasteiger partial charge in [0, 0.05) is 18.7 Å². The largest absolute Gasteiger partial charge is 0.337 e. The van der Waals surface area contributed by atoms with Gasteiger partial charge < -0.3 is 4.98 Å². The Balaban J connectivity index is 1.65. The van der Waals surface area contributed by atoms with Crippen LogP contribution in [0.5, 0.6) is 0 Å². The zero-order chi connectivity index (χ0) is 16.1. The minimum Gasteiger partial charge on any atom is -0.337 e. The molecule has 0 saturated carbocycles. The number of aromatic amines is 1. The van der Waals surface area contributed by atoms with Crippen LogP contribution in [0.4, 0.5) is 0 Å². The molecule has 0 aliphatic carbocycles. The summed E-state index contributed by atoms with van der Waals surface area (Å²) in [6.07, 6.45) is 1.86. The predicted molar refractivity (Wildman–Crippen MR) is 90.2 cm³/mol. The highest BCUT2D eigenvalue weighted by Crippen LogP contribution is 2.21. The average molecular weight is 328 g/mol. The van der Waals surface area contributed by atoms with Crippen LogP contribution < -0.4 is 0 Å². The van der Waals surface area contributed by atoms with E-state index in [1.807, 2.05) is 10.7 Å². The number of benzene rings is 1. The standard InChI is InChI=1S/C16H20N6S/c1-3-9-22-15(19-20-21-22)11-23-16-17-12(2)14(18-16)10-13-7-5-4-6-8-13/h4-8H,3,9-11H2,1-2H3,(H,17,18). The normalized spacial score (nSPS) is 11.0. The summed E-state index contributed by atoms with van der Waals surface area (Å²) in [4.78, 5) is 8.06. The molecule has 3 aromatic rings. The third kappa shape index (κ3) is 3.98. The SMILES string of the molecule is CCCn1nnnc1CSc1nc(Cc2ccccc2)c(C)[nH]1. The number of hydrogen-bond donors (Lipinski definition) is 1. The van der Waals surface area contributed by atoms with Gasteiger partial charge in [-0.05, 0) is 29.3 Å². The van der Waals surface area contributed by atoms with Gasteiger partial charge in [-0.25, -0.2) is 9.67 Å². The first kappa shape index (κ1) is 15.7. The van der Waals surface area contributed by atoms with Gasteiger partial charge in [0.2, 0.25) is 0 Å². The lowest BCUT2D eigenvalue weighted by atomic mass is 10.1. The van der Waals surface area contributed by atoms with Crippen LogP contribution in [0.1, 0.15) is 36.1 Å². The number of tetrazole rings is 1. The Morgan fingerprint density at radius 3 is 2.83 bits per heavy atom. The number of H-pyrrole nitrogens is 1. The monoisotopic (exact) mass is 328 g/mol. The Morgan fingerprint density at radius 2 is 2.04 bits per heavy atom. The molecule has 0 spiro atoms. The molecule has 0 fully saturated rings. The third-order valence-corrected chi connectivity index (χ3v) is 4.43. The van der Waals surface area contributed by atoms with Gasteiger partial charge in [0.05, 0.1) is 11.4 Å². The Hall–Kier alpha value is -2.15. The molecule has 120 valence electrons. The highest BCUT2D eigenvalue weighted by Gasteiger charge is 2.11. The van der Waals surface area contributed by atoms with Gasteiger partial charge in [0.25, 0.3) is 0 Å². The lowest BCUT2D eigenvalue weighted by molar-refractivity contribution is 0.564. The highest BCUT2D eigenvalue weighted by atomic mass is 32.2. The quantitative estimate of drug-likeness (QED) is 0.675. The van der Waals surface area contributed by atoms with Crippen LogP contribution in [-0.4, -0.2) is 30.2 Å². The van der Waals surface area contributed by atoms with E-state index in [4.69, 9.17) is 4.98 Å². The summed E-state index contributed by atoms with van der Waals surface area (Å²) in [5, 5.41) is 12.8. The fourth-order valence-electron chi connectivity index (χ4n) is 2.34. The van der Waals surface area contributed by atoms with Gasteiger partial charge in [-0.1, -0.05) is 49.0 Å². The number of thioether (sulfide) groups is 1. The van der Waals surface area contributed by atoms with Crippen molar-refractivity contribution in [3.05, 3.63) is 53.1 Å². The molecule has 0 bridgehead atoms. The number of nitrogens with zero attached hydrogens (tertiary/aromatic N) is 5. The summed E-state index contributed by atoms with van der Waals surface area (Å²) in [6, 6.07) is 10.4. The summed E-state index contributed by atoms with van der Waals surface area (Å²) < 4.78 is 1.85. The number of aryl methyl sites for hydroxylation is 2. The average Bonchev–Trinajstić information content (AvgIpc) is 3.14. The van der Waals surface area contributed by atoms with Crippen LogP contribution in [0.3, 0.4) is 0 Å². The molecule has 0 aliphatic rings. The molecular weight excluding hydrogens is 308 g/mol. The van der Waals surface area contributed by atoms with Crippen LogP contribution >= 0.6 is 11.8 Å². The number of rotatable bonds is 7. The molecule has 23 heavy (non-hydrogen) atoms. The molecule has 1 aromatic carbocycles. The molecule has 3 rings (SSSR count). The Bertz CT molecular complexity index is 749. The van der Waals surface area contributed by atoms with Crippen molar-refractivity contribution in [1.29, 1.82) is 0 Å². The van der Waals surface area contributed by atoms with E-state index in [0.717, 1.165) is 41.8 Å². The van der Waals surface area contributed by atoms with Crippen molar-refractivity contribution in [2.45, 2.75) is 44.1 Å². The number of imidazole rings is 1. The minimum absolute atomic E-state index is 0.713. The molecule has 6 nitrogen and oxygen atoms in total. The molecule has 0 radical (unpaired) electrons. The minimum atomic E-state index is 0.713. The molecule has 2 aromatic heterocycles. The first-order valence-electron chi connectivity index (χ1n) is 7.73. The summed E-state index contributed by atoms with van der Waals surface area (Å²) in [7, 11) is 0. The van der Waals surface area contributed by atoms with Gasteiger partial charge in [-0.3, -0.25) is 0 Å². The second kappa shape index (κ2) is 7.41. The molecule has 0 aliphatic heterocycles. The fraction of sp³-hybridized carbons (Fsp3) is 0.375. The van der Waals surface area contributed by atoms with Crippen molar-refractivity contribution >= 4 is 11.8 Å². The van der Waals surface area contributed by atoms with Crippen LogP contribution in [0.15, 0.2) is 35.5 Å². The van der Waals surface area contributed by atoms with Gasteiger partial charge in [-0.15, -0.1) is 5.10 Å². The second-order valence-corrected chi connectivity index (χ2v) is 6.35. The van der Waals surface area contributed by atoms with E-state index in [0.29, 0.717) is 5.75 Å². The topological polar surface area (TPSA) is 72.3 Å². The van der Waals surface area contributed by atoms with E-state index >= 15 is 0 Å². The van der Waals surface area contributed by atoms with Gasteiger partial charge in [-0.2, -0.15) is 0 Å². The third-order valence-electron chi connectivity index (χ3n) is 3.56. The first-order chi connectivity index (χ1) is 11.3. The van der Waals surface area contributed by atoms with E-state index in [1.165, 1.54) is 5.56 Å². The van der Waals surface area contributed by atoms with E-state index in [-0.39, 0.29) is 0 Å². The summed E-state index contributed by atoms with van der Waals surface area (Å²) in [5.41, 5.74) is 3.47. The predicted octanol–water partition coefficient (Wildman–Crippen LogP) is 3.00. The van der Waals surface area contributed by atoms with E-state index in [9.17, 15) is 0 Å². The maximum absolute atomic E-state index is 4.71. The van der Waals surface area contributed by atoms with Gasteiger partial charge >= 0.3 is 0 Å². The maximum Gasteiger partial charge on any atom is 0.166 e. The Labute approximate surface area is 139 Å². The molecule has 0 atom stereocenters. The Kier molecular flexibility index (Phi) is 5.07. The zero-order valence-electron chi connectivity index (χ0n) is 13.4. The maximum atomic E-state index is 4.71. The molecular formula is C16H20N6S. The summed E-state index contributed by atoms with van der Waals surface area (Å²) in [6.45, 7) is 5.03. The number of hydrogen-bond acceptors (Lipinski definition) is 5. The van der Waals surface area contributed by atoms with Crippen LogP contribution in [0.2, 0.25) is 0 Å². The van der Waals surface area contributed by atoms with E-state index < -0.39 is 0 Å². The van der Waals surface area contributed by atoms with Crippen molar-refractivity contribution in [2.75, 3.05) is 0 Å². The number of aromatic nitrogens is 6. The van der Waals surface area contributed by atoms with Gasteiger partial charge in [0.1, 0.15) is 0 Å². The highest BCUT2D eigenvalue weighted by molar-refractivity contribution is 7.98. The first-order valence-corrected chi connectivity index (χ1v) is 8.72. The molecule has 0 unspecified atom stereocenters. The van der Waals surface area contributed by atoms with E-state index in [2.05, 4.69) is 58.6 Å². The fourth-order valence-corrected chi connectivity index (χ4v) is 3.21. The van der Waals surface area contributed by atoms with Crippen LogP contribution in [-0.2, 0) is 18.7 Å². The van der Waals surface area contributed by atoms with Crippen molar-refractivity contribution in [2.24, 2.45) is 0 Å². The Morgan fingerprint density at radius 1 is 1.22 bits per heavy atom. The van der Waals surface area contributed by atoms with Crippen molar-refractivity contribution < 1.29 is 0 Å². The smallest absolute Gasteiger partial charge is 0.166 e. The molecule has 0 amide bonds. The van der Waals surface area contributed by atoms with Crippen molar-refractivity contribution in [3.63, 3.8) is 0 Å². The lowest BCUT2D eigenvalue weighted by Crippen LogP contribution is -2.04. The van der Waals surface area contributed by atoms with Crippen molar-refractivity contribution in [1.82, 2.24) is 30.2 Å². The summed E-state index contributed by atoms with van der Waals surface area (Å²) in [5.74, 6) is 1.60. The van der Waals surface area contributed by atoms with Crippen molar-refractivity contribution in [3.8, 4) is 0 Å². The molecule has 7 heteroatoms. The van der Waals surface area contributed by atoms with Gasteiger partial charge in [0.15, 0.2) is 11.0 Å². The van der Waals surface area contributed by atoms with E-state index in [1.54, 1.807) is 11.8 Å². The molecule has 0 saturated heterocycles. The van der Waals surface area contributed by atoms with Crippen LogP contribution in [0, 0.1) is 6.92 Å². The van der Waals surface area contributed by atoms with Crippen LogP contribution in [0.25, 0.3) is 0 Å². The number of nitrogens with one attached hydrogen (secondary N) is 1. The lowest BCUT2D eigenvalue weighted by Gasteiger charge is -2.00. The zero-order valence-corrected chi connectivity index (χ0v) is 14.2. The second-order valence-electron chi connectivity index (χ2n) is 5.38. The molecule has 1 N–H and O–H groups in total.